The lowest BCUT2D eigenvalue weighted by atomic mass is 10.1. The van der Waals surface area contributed by atoms with Crippen LogP contribution < -0.4 is 10.5 Å². The van der Waals surface area contributed by atoms with Crippen molar-refractivity contribution in [2.45, 2.75) is 49.5 Å². The van der Waals surface area contributed by atoms with Crippen LogP contribution >= 0.6 is 12.2 Å². The van der Waals surface area contributed by atoms with Crippen LogP contribution in [0.15, 0.2) is 23.1 Å². The van der Waals surface area contributed by atoms with E-state index < -0.39 is 10.0 Å². The summed E-state index contributed by atoms with van der Waals surface area (Å²) in [4.78, 5) is 0.769. The van der Waals surface area contributed by atoms with Crippen LogP contribution in [0, 0.1) is 5.92 Å². The Bertz CT molecular complexity index is 670. The van der Waals surface area contributed by atoms with E-state index in [9.17, 15) is 8.42 Å². The average molecular weight is 324 g/mol. The molecule has 6 heteroatoms. The van der Waals surface area contributed by atoms with Crippen LogP contribution in [-0.2, 0) is 22.9 Å². The Labute approximate surface area is 131 Å². The number of aryl methyl sites for hydroxylation is 2. The zero-order valence-electron chi connectivity index (χ0n) is 11.8. The molecule has 3 rings (SSSR count). The lowest BCUT2D eigenvalue weighted by Gasteiger charge is -2.20. The molecule has 3 N–H and O–H groups in total. The molecular weight excluding hydrogens is 304 g/mol. The van der Waals surface area contributed by atoms with Crippen LogP contribution in [0.5, 0.6) is 0 Å². The molecule has 0 heterocycles. The van der Waals surface area contributed by atoms with Crippen molar-refractivity contribution in [2.24, 2.45) is 11.7 Å². The first kappa shape index (κ1) is 14.9. The predicted molar refractivity (Wildman–Crippen MR) is 86.7 cm³/mol. The van der Waals surface area contributed by atoms with Crippen molar-refractivity contribution in [1.29, 1.82) is 0 Å². The molecule has 4 nitrogen and oxygen atoms in total. The molecule has 1 aromatic rings. The van der Waals surface area contributed by atoms with Gasteiger partial charge in [0.1, 0.15) is 0 Å². The van der Waals surface area contributed by atoms with Gasteiger partial charge in [0.25, 0.3) is 0 Å². The van der Waals surface area contributed by atoms with E-state index in [-0.39, 0.29) is 12.0 Å². The first-order valence-corrected chi connectivity index (χ1v) is 9.30. The molecule has 1 saturated carbocycles. The Kier molecular flexibility index (Phi) is 4.03. The minimum atomic E-state index is -3.50. The second kappa shape index (κ2) is 5.66. The molecule has 21 heavy (non-hydrogen) atoms. The highest BCUT2D eigenvalue weighted by Gasteiger charge is 2.33. The lowest BCUT2D eigenvalue weighted by molar-refractivity contribution is 0.525. The fourth-order valence-electron chi connectivity index (χ4n) is 3.42. The minimum Gasteiger partial charge on any atom is -0.393 e. The molecule has 2 atom stereocenters. The van der Waals surface area contributed by atoms with E-state index in [4.69, 9.17) is 18.0 Å². The smallest absolute Gasteiger partial charge is 0.240 e. The third-order valence-electron chi connectivity index (χ3n) is 4.57. The first-order valence-electron chi connectivity index (χ1n) is 7.41. The molecule has 0 amide bonds. The van der Waals surface area contributed by atoms with E-state index in [1.807, 2.05) is 12.1 Å². The summed E-state index contributed by atoms with van der Waals surface area (Å²) >= 11 is 5.05. The minimum absolute atomic E-state index is 0.0239. The van der Waals surface area contributed by atoms with Crippen molar-refractivity contribution in [3.05, 3.63) is 29.3 Å². The summed E-state index contributed by atoms with van der Waals surface area (Å²) in [5.41, 5.74) is 8.15. The van der Waals surface area contributed by atoms with Crippen LogP contribution in [0.25, 0.3) is 0 Å². The SMILES string of the molecule is NC(=S)C1CCCC1NS(=O)(=O)c1ccc2c(c1)CCC2. The predicted octanol–water partition coefficient (Wildman–Crippen LogP) is 1.91. The van der Waals surface area contributed by atoms with Crippen molar-refractivity contribution < 1.29 is 8.42 Å². The van der Waals surface area contributed by atoms with Gasteiger partial charge < -0.3 is 5.73 Å². The van der Waals surface area contributed by atoms with Crippen LogP contribution in [0.3, 0.4) is 0 Å². The molecule has 114 valence electrons. The maximum absolute atomic E-state index is 12.6. The van der Waals surface area contributed by atoms with Gasteiger partial charge in [0.2, 0.25) is 10.0 Å². The summed E-state index contributed by atoms with van der Waals surface area (Å²) in [6, 6.07) is 5.30. The molecule has 0 aromatic heterocycles. The molecule has 0 radical (unpaired) electrons. The standard InChI is InChI=1S/C15H20N2O2S2/c16-15(20)13-5-2-6-14(13)17-21(18,19)12-8-7-10-3-1-4-11(10)9-12/h7-9,13-14,17H,1-6H2,(H2,16,20). The fraction of sp³-hybridized carbons (Fsp3) is 0.533. The molecule has 0 aliphatic heterocycles. The Morgan fingerprint density at radius 1 is 1.19 bits per heavy atom. The van der Waals surface area contributed by atoms with Crippen molar-refractivity contribution in [2.75, 3.05) is 0 Å². The number of thiocarbonyl (C=S) groups is 1. The summed E-state index contributed by atoms with van der Waals surface area (Å²) < 4.78 is 27.9. The Balaban J connectivity index is 1.82. The quantitative estimate of drug-likeness (QED) is 0.830. The van der Waals surface area contributed by atoms with Gasteiger partial charge in [0.15, 0.2) is 0 Å². The van der Waals surface area contributed by atoms with Crippen LogP contribution in [-0.4, -0.2) is 19.4 Å². The maximum atomic E-state index is 12.6. The number of nitrogens with two attached hydrogens (primary N) is 1. The first-order chi connectivity index (χ1) is 9.97. The van der Waals surface area contributed by atoms with Crippen LogP contribution in [0.1, 0.15) is 36.8 Å². The van der Waals surface area contributed by atoms with Crippen LogP contribution in [0.2, 0.25) is 0 Å². The van der Waals surface area contributed by atoms with E-state index in [1.165, 1.54) is 5.56 Å². The highest BCUT2D eigenvalue weighted by molar-refractivity contribution is 7.89. The molecule has 2 aliphatic rings. The molecule has 2 aliphatic carbocycles. The van der Waals surface area contributed by atoms with Gasteiger partial charge in [-0.3, -0.25) is 0 Å². The zero-order valence-corrected chi connectivity index (χ0v) is 13.5. The van der Waals surface area contributed by atoms with E-state index in [0.29, 0.717) is 9.88 Å². The average Bonchev–Trinajstić information content (AvgIpc) is 3.05. The Morgan fingerprint density at radius 2 is 1.95 bits per heavy atom. The van der Waals surface area contributed by atoms with Gasteiger partial charge in [-0.1, -0.05) is 24.7 Å². The molecule has 2 unspecified atom stereocenters. The zero-order chi connectivity index (χ0) is 15.0. The number of hydrogen-bond acceptors (Lipinski definition) is 3. The van der Waals surface area contributed by atoms with Gasteiger partial charge >= 0.3 is 0 Å². The highest BCUT2D eigenvalue weighted by atomic mass is 32.2. The van der Waals surface area contributed by atoms with Gasteiger partial charge in [-0.25, -0.2) is 13.1 Å². The van der Waals surface area contributed by atoms with E-state index in [1.54, 1.807) is 6.07 Å². The van der Waals surface area contributed by atoms with Crippen molar-refractivity contribution in [1.82, 2.24) is 4.72 Å². The second-order valence-corrected chi connectivity index (χ2v) is 8.14. The summed E-state index contributed by atoms with van der Waals surface area (Å²) in [6.45, 7) is 0. The topological polar surface area (TPSA) is 72.2 Å². The van der Waals surface area contributed by atoms with E-state index in [2.05, 4.69) is 4.72 Å². The summed E-state index contributed by atoms with van der Waals surface area (Å²) in [5.74, 6) is -0.0239. The number of rotatable bonds is 4. The van der Waals surface area contributed by atoms with Gasteiger partial charge in [0.05, 0.1) is 9.88 Å². The summed E-state index contributed by atoms with van der Waals surface area (Å²) in [6.07, 6.45) is 5.75. The second-order valence-electron chi connectivity index (χ2n) is 5.95. The molecule has 0 saturated heterocycles. The van der Waals surface area contributed by atoms with E-state index >= 15 is 0 Å². The number of benzene rings is 1. The molecule has 0 bridgehead atoms. The molecule has 1 aromatic carbocycles. The largest absolute Gasteiger partial charge is 0.393 e. The Morgan fingerprint density at radius 3 is 2.71 bits per heavy atom. The monoisotopic (exact) mass is 324 g/mol. The van der Waals surface area contributed by atoms with Gasteiger partial charge in [-0.15, -0.1) is 0 Å². The fourth-order valence-corrected chi connectivity index (χ4v) is 5.07. The van der Waals surface area contributed by atoms with Crippen molar-refractivity contribution in [3.8, 4) is 0 Å². The molecular formula is C15H20N2O2S2. The summed E-state index contributed by atoms with van der Waals surface area (Å²) in [5, 5.41) is 0. The van der Waals surface area contributed by atoms with Gasteiger partial charge in [-0.05, 0) is 55.4 Å². The third-order valence-corrected chi connectivity index (χ3v) is 6.36. The summed E-state index contributed by atoms with van der Waals surface area (Å²) in [7, 11) is -3.50. The van der Waals surface area contributed by atoms with Gasteiger partial charge in [-0.2, -0.15) is 0 Å². The normalized spacial score (nSPS) is 25.0. The number of nitrogens with one attached hydrogen (secondary N) is 1. The van der Waals surface area contributed by atoms with Crippen LogP contribution in [0.4, 0.5) is 0 Å². The number of hydrogen-bond donors (Lipinski definition) is 2. The van der Waals surface area contributed by atoms with E-state index in [0.717, 1.165) is 44.1 Å². The lowest BCUT2D eigenvalue weighted by Crippen LogP contribution is -2.41. The Hall–Kier alpha value is -0.980. The number of fused-ring (bicyclic) bond motifs is 1. The maximum Gasteiger partial charge on any atom is 0.240 e. The van der Waals surface area contributed by atoms with Gasteiger partial charge in [0, 0.05) is 12.0 Å². The highest BCUT2D eigenvalue weighted by Crippen LogP contribution is 2.29. The third kappa shape index (κ3) is 2.98. The van der Waals surface area contributed by atoms with Crippen molar-refractivity contribution >= 4 is 27.2 Å². The molecule has 1 fully saturated rings. The molecule has 0 spiro atoms. The number of sulfonamides is 1. The van der Waals surface area contributed by atoms with Crippen molar-refractivity contribution in [3.63, 3.8) is 0 Å².